The fourth-order valence-electron chi connectivity index (χ4n) is 2.24. The Morgan fingerprint density at radius 1 is 0.875 bits per heavy atom. The monoisotopic (exact) mass is 456 g/mol. The van der Waals surface area contributed by atoms with Crippen LogP contribution in [-0.2, 0) is 4.74 Å². The van der Waals surface area contributed by atoms with Crippen molar-refractivity contribution in [3.8, 4) is 0 Å². The molecule has 0 aromatic heterocycles. The number of hydrogen-bond acceptors (Lipinski definition) is 3. The van der Waals surface area contributed by atoms with E-state index < -0.39 is 0 Å². The Labute approximate surface area is 167 Å². The summed E-state index contributed by atoms with van der Waals surface area (Å²) in [7, 11) is 6.11. The van der Waals surface area contributed by atoms with Gasteiger partial charge in [0.15, 0.2) is 5.96 Å². The molecule has 6 heteroatoms. The first-order valence-electron chi connectivity index (χ1n) is 9.37. The number of hydrogen-bond donors (Lipinski definition) is 2. The second kappa shape index (κ2) is 21.0. The van der Waals surface area contributed by atoms with Crippen molar-refractivity contribution in [3.63, 3.8) is 0 Å². The maximum Gasteiger partial charge on any atom is 0.190 e. The van der Waals surface area contributed by atoms with Gasteiger partial charge in [0.25, 0.3) is 0 Å². The van der Waals surface area contributed by atoms with Gasteiger partial charge < -0.3 is 20.3 Å². The van der Waals surface area contributed by atoms with Crippen molar-refractivity contribution in [2.75, 3.05) is 54.0 Å². The van der Waals surface area contributed by atoms with Crippen molar-refractivity contribution in [1.29, 1.82) is 0 Å². The molecule has 0 unspecified atom stereocenters. The van der Waals surface area contributed by atoms with E-state index in [1.807, 2.05) is 7.05 Å². The minimum absolute atomic E-state index is 0. The number of ether oxygens (including phenoxy) is 1. The third kappa shape index (κ3) is 20.0. The molecule has 0 aliphatic rings. The Kier molecular flexibility index (Phi) is 22.8. The molecular weight excluding hydrogens is 415 g/mol. The van der Waals surface area contributed by atoms with Crippen molar-refractivity contribution in [2.24, 2.45) is 4.99 Å². The zero-order valence-electron chi connectivity index (χ0n) is 16.4. The lowest BCUT2D eigenvalue weighted by atomic mass is 10.1. The third-order valence-electron chi connectivity index (χ3n) is 3.70. The molecule has 0 bridgehead atoms. The first kappa shape index (κ1) is 26.2. The average molecular weight is 456 g/mol. The van der Waals surface area contributed by atoms with Gasteiger partial charge in [-0.1, -0.05) is 32.6 Å². The van der Waals surface area contributed by atoms with Crippen LogP contribution in [0.25, 0.3) is 0 Å². The molecule has 0 fully saturated rings. The van der Waals surface area contributed by atoms with Gasteiger partial charge in [-0.05, 0) is 46.3 Å². The Balaban J connectivity index is 0. The van der Waals surface area contributed by atoms with Crippen LogP contribution in [0.15, 0.2) is 4.99 Å². The van der Waals surface area contributed by atoms with Crippen LogP contribution in [0, 0.1) is 0 Å². The van der Waals surface area contributed by atoms with Gasteiger partial charge in [0.05, 0.1) is 0 Å². The molecule has 24 heavy (non-hydrogen) atoms. The highest BCUT2D eigenvalue weighted by Gasteiger charge is 1.97. The number of unbranched alkanes of at least 4 members (excludes halogenated alkanes) is 5. The molecule has 0 aliphatic heterocycles. The highest BCUT2D eigenvalue weighted by molar-refractivity contribution is 14.0. The van der Waals surface area contributed by atoms with E-state index in [1.54, 1.807) is 0 Å². The van der Waals surface area contributed by atoms with Gasteiger partial charge in [-0.25, -0.2) is 0 Å². The topological polar surface area (TPSA) is 48.9 Å². The van der Waals surface area contributed by atoms with E-state index in [9.17, 15) is 0 Å². The number of aliphatic imine (C=N–C) groups is 1. The summed E-state index contributed by atoms with van der Waals surface area (Å²) in [5.74, 6) is 0.908. The molecule has 0 heterocycles. The summed E-state index contributed by atoms with van der Waals surface area (Å²) in [5.41, 5.74) is 0. The molecule has 0 spiro atoms. The van der Waals surface area contributed by atoms with Crippen LogP contribution in [0.1, 0.15) is 58.3 Å². The van der Waals surface area contributed by atoms with Crippen LogP contribution in [0.4, 0.5) is 0 Å². The maximum absolute atomic E-state index is 5.55. The van der Waals surface area contributed by atoms with E-state index in [1.165, 1.54) is 45.1 Å². The lowest BCUT2D eigenvalue weighted by Gasteiger charge is -2.12. The zero-order chi connectivity index (χ0) is 17.2. The summed E-state index contributed by atoms with van der Waals surface area (Å²) >= 11 is 0. The Morgan fingerprint density at radius 2 is 1.46 bits per heavy atom. The van der Waals surface area contributed by atoms with Crippen LogP contribution in [-0.4, -0.2) is 64.9 Å². The summed E-state index contributed by atoms with van der Waals surface area (Å²) in [6, 6.07) is 0. The number of nitrogens with one attached hydrogen (secondary N) is 2. The second-order valence-corrected chi connectivity index (χ2v) is 6.32. The highest BCUT2D eigenvalue weighted by Crippen LogP contribution is 2.02. The lowest BCUT2D eigenvalue weighted by Crippen LogP contribution is -2.38. The quantitative estimate of drug-likeness (QED) is 0.172. The van der Waals surface area contributed by atoms with Crippen LogP contribution in [0.3, 0.4) is 0 Å². The number of rotatable bonds is 15. The number of halogens is 1. The van der Waals surface area contributed by atoms with E-state index in [4.69, 9.17) is 4.74 Å². The second-order valence-electron chi connectivity index (χ2n) is 6.32. The molecule has 0 radical (unpaired) electrons. The van der Waals surface area contributed by atoms with Crippen LogP contribution >= 0.6 is 24.0 Å². The van der Waals surface area contributed by atoms with Gasteiger partial charge >= 0.3 is 0 Å². The van der Waals surface area contributed by atoms with E-state index in [0.29, 0.717) is 0 Å². The Bertz CT molecular complexity index is 276. The molecule has 0 aromatic carbocycles. The lowest BCUT2D eigenvalue weighted by molar-refractivity contribution is 0.129. The Morgan fingerprint density at radius 3 is 2.08 bits per heavy atom. The van der Waals surface area contributed by atoms with E-state index >= 15 is 0 Å². The molecule has 0 atom stereocenters. The summed E-state index contributed by atoms with van der Waals surface area (Å²) in [6.45, 7) is 7.02. The van der Waals surface area contributed by atoms with Crippen LogP contribution in [0.2, 0.25) is 0 Å². The van der Waals surface area contributed by atoms with Crippen molar-refractivity contribution < 1.29 is 4.74 Å². The first-order chi connectivity index (χ1) is 11.2. The van der Waals surface area contributed by atoms with E-state index in [-0.39, 0.29) is 24.0 Å². The molecule has 0 saturated heterocycles. The summed E-state index contributed by atoms with van der Waals surface area (Å²) in [4.78, 5) is 6.51. The van der Waals surface area contributed by atoms with Gasteiger partial charge in [-0.2, -0.15) is 0 Å². The molecule has 0 amide bonds. The summed E-state index contributed by atoms with van der Waals surface area (Å²) in [6.07, 6.45) is 9.86. The SMILES string of the molecule is CCCCOCCCNC(=NC)NCCCCCCCN(C)C.I. The molecule has 0 rings (SSSR count). The van der Waals surface area contributed by atoms with Gasteiger partial charge in [0, 0.05) is 33.4 Å². The minimum Gasteiger partial charge on any atom is -0.381 e. The molecule has 0 saturated carbocycles. The maximum atomic E-state index is 5.55. The van der Waals surface area contributed by atoms with Crippen molar-refractivity contribution in [3.05, 3.63) is 0 Å². The van der Waals surface area contributed by atoms with Crippen molar-refractivity contribution in [2.45, 2.75) is 58.3 Å². The standard InChI is InChI=1S/C18H40N4O.HI/c1-5-6-16-23-17-12-14-21-18(19-2)20-13-10-8-7-9-11-15-22(3)4;/h5-17H2,1-4H3,(H2,19,20,21);1H. The molecule has 146 valence electrons. The molecule has 2 N–H and O–H groups in total. The smallest absolute Gasteiger partial charge is 0.190 e. The van der Waals surface area contributed by atoms with Gasteiger partial charge in [0.1, 0.15) is 0 Å². The van der Waals surface area contributed by atoms with Crippen LogP contribution in [0.5, 0.6) is 0 Å². The third-order valence-corrected chi connectivity index (χ3v) is 3.70. The summed E-state index contributed by atoms with van der Waals surface area (Å²) < 4.78 is 5.55. The van der Waals surface area contributed by atoms with Gasteiger partial charge in [0.2, 0.25) is 0 Å². The molecular formula is C18H41IN4O. The first-order valence-corrected chi connectivity index (χ1v) is 9.37. The fourth-order valence-corrected chi connectivity index (χ4v) is 2.24. The summed E-state index contributed by atoms with van der Waals surface area (Å²) in [5, 5.41) is 6.72. The van der Waals surface area contributed by atoms with Crippen molar-refractivity contribution in [1.82, 2.24) is 15.5 Å². The van der Waals surface area contributed by atoms with E-state index in [0.717, 1.165) is 45.1 Å². The largest absolute Gasteiger partial charge is 0.381 e. The van der Waals surface area contributed by atoms with Gasteiger partial charge in [-0.3, -0.25) is 4.99 Å². The van der Waals surface area contributed by atoms with E-state index in [2.05, 4.69) is 41.5 Å². The average Bonchev–Trinajstić information content (AvgIpc) is 2.54. The number of guanidine groups is 1. The minimum atomic E-state index is 0. The molecule has 0 aliphatic carbocycles. The molecule has 0 aromatic rings. The van der Waals surface area contributed by atoms with Crippen LogP contribution < -0.4 is 10.6 Å². The fraction of sp³-hybridized carbons (Fsp3) is 0.944. The van der Waals surface area contributed by atoms with Gasteiger partial charge in [-0.15, -0.1) is 24.0 Å². The normalized spacial score (nSPS) is 11.5. The predicted molar refractivity (Wildman–Crippen MR) is 117 cm³/mol. The number of nitrogens with zero attached hydrogens (tertiary/aromatic N) is 2. The Hall–Kier alpha value is -0.0800. The van der Waals surface area contributed by atoms with Crippen molar-refractivity contribution >= 4 is 29.9 Å². The zero-order valence-corrected chi connectivity index (χ0v) is 18.7. The predicted octanol–water partition coefficient (Wildman–Crippen LogP) is 3.49. The highest BCUT2D eigenvalue weighted by atomic mass is 127. The molecule has 5 nitrogen and oxygen atoms in total.